The summed E-state index contributed by atoms with van der Waals surface area (Å²) in [6, 6.07) is 0. The molecule has 3 saturated carbocycles. The van der Waals surface area contributed by atoms with Gasteiger partial charge in [-0.15, -0.1) is 0 Å². The van der Waals surface area contributed by atoms with Crippen LogP contribution in [0.15, 0.2) is 0 Å². The molecule has 414 valence electrons. The van der Waals surface area contributed by atoms with Gasteiger partial charge in [-0.25, -0.2) is 0 Å². The second-order valence-corrected chi connectivity index (χ2v) is 21.2. The molecule has 0 saturated heterocycles. The van der Waals surface area contributed by atoms with Crippen LogP contribution in [0.4, 0.5) is 0 Å². The molecule has 3 aliphatic rings. The van der Waals surface area contributed by atoms with Crippen molar-refractivity contribution in [2.24, 2.45) is 35.0 Å². The first kappa shape index (κ1) is 64.5. The van der Waals surface area contributed by atoms with Gasteiger partial charge in [-0.3, -0.25) is 9.59 Å². The molecule has 3 rings (SSSR count). The number of aliphatic hydroxyl groups is 14. The van der Waals surface area contributed by atoms with Gasteiger partial charge in [-0.1, -0.05) is 157 Å². The van der Waals surface area contributed by atoms with E-state index in [0.29, 0.717) is 45.1 Å². The van der Waals surface area contributed by atoms with Crippen LogP contribution < -0.4 is 0 Å². The Morgan fingerprint density at radius 2 is 0.829 bits per heavy atom. The molecule has 0 aliphatic heterocycles. The van der Waals surface area contributed by atoms with Crippen LogP contribution in [0.1, 0.15) is 221 Å². The van der Waals surface area contributed by atoms with Gasteiger partial charge in [-0.05, 0) is 76.0 Å². The van der Waals surface area contributed by atoms with Crippen molar-refractivity contribution >= 4 is 11.9 Å². The third-order valence-electron chi connectivity index (χ3n) is 16.3. The highest BCUT2D eigenvalue weighted by Crippen LogP contribution is 2.69. The number of unbranched alkanes of at least 4 members (excludes halogenated alkanes) is 13. The molecule has 0 spiro atoms. The van der Waals surface area contributed by atoms with E-state index in [9.17, 15) is 76.0 Å². The van der Waals surface area contributed by atoms with E-state index in [2.05, 4.69) is 20.8 Å². The van der Waals surface area contributed by atoms with Crippen LogP contribution in [0.5, 0.6) is 0 Å². The van der Waals surface area contributed by atoms with Gasteiger partial charge in [0.2, 0.25) is 11.6 Å². The summed E-state index contributed by atoms with van der Waals surface area (Å²) in [5, 5.41) is 145. The van der Waals surface area contributed by atoms with Crippen molar-refractivity contribution in [1.82, 2.24) is 0 Å². The largest absolute Gasteiger partial charge is 0.465 e. The molecule has 0 aromatic carbocycles. The van der Waals surface area contributed by atoms with Crippen molar-refractivity contribution < 1.29 is 90.6 Å². The van der Waals surface area contributed by atoms with Gasteiger partial charge in [0.25, 0.3) is 23.1 Å². The molecule has 0 bridgehead atoms. The van der Waals surface area contributed by atoms with Gasteiger partial charge in [0.15, 0.2) is 5.60 Å². The molecule has 0 aromatic rings. The molecule has 14 N–H and O–H groups in total. The van der Waals surface area contributed by atoms with Crippen LogP contribution in [0.3, 0.4) is 0 Å². The standard InChI is InChI=1S/C47H86O17.C5H12O/c1-5-9-12-14-16-18-23-34(27-29-40(37-25-20-26-37)42(51,52)46(59,60)43(40,53)54)38(48)63-31-36(33(21-8-4)22-11-7-3)32-64-39(49)35(24-19-17-15-13-10-6-2)28-30-41(50)44(55,56)47(61,62)45(41,57)58;1-2-3-4-5-6/h33-37,50-62H,5-32H2,1-4H3;6H,2-5H2,1H3. The molecule has 4 atom stereocenters. The van der Waals surface area contributed by atoms with Crippen molar-refractivity contribution in [3.63, 3.8) is 0 Å². The lowest BCUT2D eigenvalue weighted by Crippen LogP contribution is -2.95. The molecule has 0 aromatic heterocycles. The number of hydrogen-bond donors (Lipinski definition) is 14. The Balaban J connectivity index is 0.00000262. The van der Waals surface area contributed by atoms with Crippen LogP contribution in [-0.4, -0.2) is 144 Å². The quantitative estimate of drug-likeness (QED) is 0.0235. The van der Waals surface area contributed by atoms with E-state index in [4.69, 9.17) is 14.6 Å². The predicted octanol–water partition coefficient (Wildman–Crippen LogP) is 4.39. The molecule has 0 radical (unpaired) electrons. The predicted molar refractivity (Wildman–Crippen MR) is 259 cm³/mol. The summed E-state index contributed by atoms with van der Waals surface area (Å²) < 4.78 is 12.0. The summed E-state index contributed by atoms with van der Waals surface area (Å²) in [5.74, 6) is -25.8. The van der Waals surface area contributed by atoms with Gasteiger partial charge in [0.05, 0.1) is 30.5 Å². The first-order valence-electron chi connectivity index (χ1n) is 27.1. The molecule has 18 heteroatoms. The van der Waals surface area contributed by atoms with E-state index >= 15 is 0 Å². The number of carbonyl (C=O) groups excluding carboxylic acids is 2. The normalized spacial score (nSPS) is 22.4. The number of rotatable bonds is 36. The van der Waals surface area contributed by atoms with E-state index in [-0.39, 0.29) is 44.8 Å². The molecular formula is C52H98O18. The minimum Gasteiger partial charge on any atom is -0.465 e. The average Bonchev–Trinajstić information content (AvgIpc) is 3.29. The van der Waals surface area contributed by atoms with Crippen molar-refractivity contribution in [1.29, 1.82) is 0 Å². The SMILES string of the molecule is CCCCCCCCC(CCC1(O)C(O)(O)C(O)(O)C1(O)O)C(=O)OCC(COC(=O)C(CCCCCCCC)CCC1(C2CCC2)C(O)(O)C(O)(O)C1(O)O)C(CCC)CCCC.CCCCCO. The van der Waals surface area contributed by atoms with Crippen LogP contribution in [0.25, 0.3) is 0 Å². The maximum atomic E-state index is 14.1. The number of esters is 2. The maximum Gasteiger partial charge on any atom is 0.308 e. The molecular weight excluding hydrogens is 913 g/mol. The molecule has 0 amide bonds. The summed E-state index contributed by atoms with van der Waals surface area (Å²) >= 11 is 0. The Morgan fingerprint density at radius 3 is 1.21 bits per heavy atom. The van der Waals surface area contributed by atoms with Crippen molar-refractivity contribution in [2.45, 2.75) is 261 Å². The zero-order chi connectivity index (χ0) is 53.1. The van der Waals surface area contributed by atoms with Crippen LogP contribution in [0, 0.1) is 35.0 Å². The van der Waals surface area contributed by atoms with Gasteiger partial charge < -0.3 is 81.0 Å². The Bertz CT molecular complexity index is 1450. The minimum atomic E-state index is -3.88. The molecule has 18 nitrogen and oxygen atoms in total. The Labute approximate surface area is 417 Å². The van der Waals surface area contributed by atoms with Crippen molar-refractivity contribution in [3.05, 3.63) is 0 Å². The number of hydrogen-bond acceptors (Lipinski definition) is 18. The third kappa shape index (κ3) is 14.0. The molecule has 4 unspecified atom stereocenters. The summed E-state index contributed by atoms with van der Waals surface area (Å²) in [6.45, 7) is 10.4. The van der Waals surface area contributed by atoms with E-state index in [0.717, 1.165) is 109 Å². The Kier molecular flexibility index (Phi) is 26.6. The lowest BCUT2D eigenvalue weighted by atomic mass is 9.43. The molecule has 3 aliphatic carbocycles. The van der Waals surface area contributed by atoms with E-state index in [1.54, 1.807) is 0 Å². The Hall–Kier alpha value is -1.62. The second-order valence-electron chi connectivity index (χ2n) is 21.2. The van der Waals surface area contributed by atoms with Crippen molar-refractivity contribution in [2.75, 3.05) is 19.8 Å². The monoisotopic (exact) mass is 1010 g/mol. The third-order valence-corrected chi connectivity index (χ3v) is 16.3. The van der Waals surface area contributed by atoms with E-state index < -0.39 is 87.8 Å². The van der Waals surface area contributed by atoms with Gasteiger partial charge in [0.1, 0.15) is 0 Å². The van der Waals surface area contributed by atoms with Gasteiger partial charge >= 0.3 is 11.9 Å². The first-order valence-corrected chi connectivity index (χ1v) is 27.1. The number of ether oxygens (including phenoxy) is 2. The first-order chi connectivity index (χ1) is 32.8. The second kappa shape index (κ2) is 28.9. The van der Waals surface area contributed by atoms with Gasteiger partial charge in [-0.2, -0.15) is 0 Å². The summed E-state index contributed by atoms with van der Waals surface area (Å²) in [6.07, 6.45) is 18.7. The fourth-order valence-corrected chi connectivity index (χ4v) is 11.1. The highest BCUT2D eigenvalue weighted by Gasteiger charge is 2.91. The minimum absolute atomic E-state index is 0.0424. The molecule has 0 heterocycles. The summed E-state index contributed by atoms with van der Waals surface area (Å²) in [4.78, 5) is 28.0. The smallest absolute Gasteiger partial charge is 0.308 e. The lowest BCUT2D eigenvalue weighted by molar-refractivity contribution is -0.602. The van der Waals surface area contributed by atoms with Crippen LogP contribution in [-0.2, 0) is 19.1 Å². The topological polar surface area (TPSA) is 336 Å². The van der Waals surface area contributed by atoms with E-state index in [1.165, 1.54) is 6.42 Å². The summed E-state index contributed by atoms with van der Waals surface area (Å²) in [5.41, 5.74) is -5.37. The van der Waals surface area contributed by atoms with Gasteiger partial charge in [0, 0.05) is 12.5 Å². The average molecular weight is 1010 g/mol. The fraction of sp³-hybridized carbons (Fsp3) is 0.962. The molecule has 70 heavy (non-hydrogen) atoms. The van der Waals surface area contributed by atoms with Crippen LogP contribution >= 0.6 is 0 Å². The fourth-order valence-electron chi connectivity index (χ4n) is 11.1. The maximum absolute atomic E-state index is 14.1. The summed E-state index contributed by atoms with van der Waals surface area (Å²) in [7, 11) is 0. The van der Waals surface area contributed by atoms with E-state index in [1.807, 2.05) is 13.8 Å². The number of carbonyl (C=O) groups is 2. The Morgan fingerprint density at radius 1 is 0.429 bits per heavy atom. The zero-order valence-electron chi connectivity index (χ0n) is 43.4. The molecule has 3 fully saturated rings. The highest BCUT2D eigenvalue weighted by atomic mass is 16.7. The lowest BCUT2D eigenvalue weighted by Gasteiger charge is -2.71. The highest BCUT2D eigenvalue weighted by molar-refractivity contribution is 5.73. The zero-order valence-corrected chi connectivity index (χ0v) is 43.4. The number of aliphatic hydroxyl groups excluding tert-OH is 1. The van der Waals surface area contributed by atoms with Crippen LogP contribution in [0.2, 0.25) is 0 Å². The van der Waals surface area contributed by atoms with Crippen molar-refractivity contribution in [3.8, 4) is 0 Å².